The Morgan fingerprint density at radius 1 is 1.14 bits per heavy atom. The molecule has 28 heavy (non-hydrogen) atoms. The fourth-order valence-corrected chi connectivity index (χ4v) is 2.38. The van der Waals surface area contributed by atoms with Crippen LogP contribution in [0.25, 0.3) is 0 Å². The Kier molecular flexibility index (Phi) is 5.59. The third-order valence-electron chi connectivity index (χ3n) is 3.36. The molecule has 1 aromatic carbocycles. The lowest BCUT2D eigenvalue weighted by molar-refractivity contribution is -0.138. The number of nitrogens with one attached hydrogen (secondary N) is 2. The number of benzene rings is 1. The van der Waals surface area contributed by atoms with Crippen molar-refractivity contribution in [2.24, 2.45) is 0 Å². The van der Waals surface area contributed by atoms with E-state index in [0.717, 1.165) is 6.07 Å². The van der Waals surface area contributed by atoms with E-state index in [0.29, 0.717) is 5.69 Å². The normalized spacial score (nSPS) is 11.0. The topological polar surface area (TPSA) is 76.4 Å². The first-order valence-electron chi connectivity index (χ1n) is 7.79. The van der Waals surface area contributed by atoms with Crippen LogP contribution in [-0.4, -0.2) is 16.0 Å². The first-order valence-corrected chi connectivity index (χ1v) is 8.20. The monoisotopic (exact) mass is 407 g/mol. The van der Waals surface area contributed by atoms with Crippen LogP contribution in [0.15, 0.2) is 65.4 Å². The van der Waals surface area contributed by atoms with Crippen molar-refractivity contribution in [1.82, 2.24) is 10.3 Å². The van der Waals surface area contributed by atoms with Crippen molar-refractivity contribution in [2.75, 3.05) is 5.32 Å². The zero-order valence-corrected chi connectivity index (χ0v) is 14.8. The molecule has 3 rings (SSSR count). The molecule has 0 aliphatic heterocycles. The number of nitrogens with zero attached hydrogens (tertiary/aromatic N) is 1. The molecule has 0 spiro atoms. The van der Waals surface area contributed by atoms with Crippen LogP contribution in [0.3, 0.4) is 0 Å². The molecule has 6 nitrogen and oxygen atoms in total. The Morgan fingerprint density at radius 3 is 2.68 bits per heavy atom. The number of hydrogen-bond donors (Lipinski definition) is 2. The van der Waals surface area contributed by atoms with E-state index < -0.39 is 23.5 Å². The van der Waals surface area contributed by atoms with Crippen molar-refractivity contribution < 1.29 is 27.1 Å². The molecular formula is C18H12F3N3O3S. The zero-order chi connectivity index (χ0) is 20.1. The second kappa shape index (κ2) is 8.09. The number of rotatable bonds is 4. The number of thiocarbonyl (C=S) groups is 1. The van der Waals surface area contributed by atoms with Crippen LogP contribution >= 0.6 is 12.2 Å². The third-order valence-corrected chi connectivity index (χ3v) is 3.56. The van der Waals surface area contributed by atoms with E-state index >= 15 is 0 Å². The third kappa shape index (κ3) is 4.86. The molecule has 0 bridgehead atoms. The fraction of sp³-hybridized carbons (Fsp3) is 0.0556. The number of aromatic nitrogens is 1. The van der Waals surface area contributed by atoms with Gasteiger partial charge in [-0.25, -0.2) is 4.98 Å². The highest BCUT2D eigenvalue weighted by atomic mass is 32.1. The van der Waals surface area contributed by atoms with Gasteiger partial charge < -0.3 is 14.5 Å². The molecule has 0 aliphatic carbocycles. The number of carbonyl (C=O) groups excluding carboxylic acids is 1. The largest absolute Gasteiger partial charge is 0.459 e. The van der Waals surface area contributed by atoms with E-state index in [-0.39, 0.29) is 16.6 Å². The van der Waals surface area contributed by atoms with E-state index in [2.05, 4.69) is 15.6 Å². The number of halogens is 3. The number of furan rings is 1. The Morgan fingerprint density at radius 2 is 1.96 bits per heavy atom. The van der Waals surface area contributed by atoms with E-state index in [9.17, 15) is 18.0 Å². The molecule has 0 saturated heterocycles. The Balaban J connectivity index is 1.70. The van der Waals surface area contributed by atoms with Crippen LogP contribution in [0.4, 0.5) is 18.9 Å². The van der Waals surface area contributed by atoms with Gasteiger partial charge in [0.15, 0.2) is 10.9 Å². The number of amides is 1. The molecule has 2 aromatic heterocycles. The number of carbonyl (C=O) groups is 1. The Labute approximate surface area is 162 Å². The molecular weight excluding hydrogens is 395 g/mol. The van der Waals surface area contributed by atoms with Gasteiger partial charge in [0.05, 0.1) is 6.26 Å². The van der Waals surface area contributed by atoms with Crippen LogP contribution in [0.5, 0.6) is 11.6 Å². The Bertz CT molecular complexity index is 991. The highest BCUT2D eigenvalue weighted by molar-refractivity contribution is 7.80. The summed E-state index contributed by atoms with van der Waals surface area (Å²) < 4.78 is 49.4. The maximum atomic E-state index is 13.0. The summed E-state index contributed by atoms with van der Waals surface area (Å²) >= 11 is 5.04. The Hall–Kier alpha value is -3.40. The van der Waals surface area contributed by atoms with Gasteiger partial charge in [-0.05, 0) is 48.6 Å². The standard InChI is InChI=1S/C18H12F3N3O3S/c19-18(20,21)13-6-2-8-22-16(13)27-12-5-1-4-11(10-12)23-17(28)24-15(25)14-7-3-9-26-14/h1-10H,(H2,23,24,25,28). The fourth-order valence-electron chi connectivity index (χ4n) is 2.17. The summed E-state index contributed by atoms with van der Waals surface area (Å²) in [4.78, 5) is 15.5. The molecule has 144 valence electrons. The minimum Gasteiger partial charge on any atom is -0.459 e. The molecule has 0 radical (unpaired) electrons. The molecule has 0 aliphatic rings. The molecule has 0 saturated carbocycles. The van der Waals surface area contributed by atoms with E-state index in [4.69, 9.17) is 21.4 Å². The summed E-state index contributed by atoms with van der Waals surface area (Å²) in [5.74, 6) is -0.926. The predicted octanol–water partition coefficient (Wildman–Crippen LogP) is 4.61. The van der Waals surface area contributed by atoms with E-state index in [1.54, 1.807) is 18.2 Å². The maximum Gasteiger partial charge on any atom is 0.421 e. The second-order valence-electron chi connectivity index (χ2n) is 5.37. The molecule has 3 aromatic rings. The van der Waals surface area contributed by atoms with E-state index in [1.165, 1.54) is 36.7 Å². The van der Waals surface area contributed by atoms with E-state index in [1.807, 2.05) is 0 Å². The zero-order valence-electron chi connectivity index (χ0n) is 14.0. The van der Waals surface area contributed by atoms with Crippen molar-refractivity contribution in [2.45, 2.75) is 6.18 Å². The lowest BCUT2D eigenvalue weighted by atomic mass is 10.2. The minimum atomic E-state index is -4.60. The number of anilines is 1. The van der Waals surface area contributed by atoms with Crippen molar-refractivity contribution >= 4 is 28.9 Å². The van der Waals surface area contributed by atoms with Gasteiger partial charge in [-0.1, -0.05) is 6.07 Å². The number of pyridine rings is 1. The first-order chi connectivity index (χ1) is 13.3. The summed E-state index contributed by atoms with van der Waals surface area (Å²) in [6.07, 6.45) is -2.05. The predicted molar refractivity (Wildman–Crippen MR) is 98.1 cm³/mol. The summed E-state index contributed by atoms with van der Waals surface area (Å²) in [5.41, 5.74) is -0.596. The smallest absolute Gasteiger partial charge is 0.421 e. The molecule has 0 unspecified atom stereocenters. The van der Waals surface area contributed by atoms with Gasteiger partial charge in [0.1, 0.15) is 11.3 Å². The van der Waals surface area contributed by atoms with Gasteiger partial charge >= 0.3 is 6.18 Å². The highest BCUT2D eigenvalue weighted by Gasteiger charge is 2.35. The van der Waals surface area contributed by atoms with Crippen LogP contribution in [-0.2, 0) is 6.18 Å². The van der Waals surface area contributed by atoms with Gasteiger partial charge in [0, 0.05) is 18.0 Å². The van der Waals surface area contributed by atoms with Crippen molar-refractivity contribution in [3.63, 3.8) is 0 Å². The highest BCUT2D eigenvalue weighted by Crippen LogP contribution is 2.36. The SMILES string of the molecule is O=C(NC(=S)Nc1cccc(Oc2ncccc2C(F)(F)F)c1)c1ccco1. The lowest BCUT2D eigenvalue weighted by Gasteiger charge is -2.13. The van der Waals surface area contributed by atoms with Crippen molar-refractivity contribution in [3.8, 4) is 11.6 Å². The molecule has 1 amide bonds. The van der Waals surface area contributed by atoms with Gasteiger partial charge in [-0.3, -0.25) is 10.1 Å². The van der Waals surface area contributed by atoms with Crippen molar-refractivity contribution in [3.05, 3.63) is 72.3 Å². The van der Waals surface area contributed by atoms with Crippen molar-refractivity contribution in [1.29, 1.82) is 0 Å². The summed E-state index contributed by atoms with van der Waals surface area (Å²) in [7, 11) is 0. The molecule has 2 heterocycles. The maximum absolute atomic E-state index is 13.0. The molecule has 0 atom stereocenters. The van der Waals surface area contributed by atoms with Gasteiger partial charge in [-0.15, -0.1) is 0 Å². The molecule has 10 heteroatoms. The number of ether oxygens (including phenoxy) is 1. The van der Waals surface area contributed by atoms with Crippen LogP contribution in [0.1, 0.15) is 16.1 Å². The van der Waals surface area contributed by atoms with Crippen LogP contribution in [0, 0.1) is 0 Å². The lowest BCUT2D eigenvalue weighted by Crippen LogP contribution is -2.33. The average Bonchev–Trinajstić information content (AvgIpc) is 3.16. The minimum absolute atomic E-state index is 0.0210. The summed E-state index contributed by atoms with van der Waals surface area (Å²) in [6, 6.07) is 11.1. The second-order valence-corrected chi connectivity index (χ2v) is 5.78. The quantitative estimate of drug-likeness (QED) is 0.615. The van der Waals surface area contributed by atoms with Gasteiger partial charge in [0.2, 0.25) is 5.88 Å². The first kappa shape index (κ1) is 19.4. The van der Waals surface area contributed by atoms with Gasteiger partial charge in [-0.2, -0.15) is 13.2 Å². The summed E-state index contributed by atoms with van der Waals surface area (Å²) in [5, 5.41) is 5.13. The molecule has 2 N–H and O–H groups in total. The average molecular weight is 407 g/mol. The number of hydrogen-bond acceptors (Lipinski definition) is 5. The van der Waals surface area contributed by atoms with Crippen LogP contribution in [0.2, 0.25) is 0 Å². The van der Waals surface area contributed by atoms with Gasteiger partial charge in [0.25, 0.3) is 5.91 Å². The number of alkyl halides is 3. The van der Waals surface area contributed by atoms with Crippen LogP contribution < -0.4 is 15.4 Å². The molecule has 0 fully saturated rings. The summed E-state index contributed by atoms with van der Waals surface area (Å²) in [6.45, 7) is 0.